The zero-order valence-corrected chi connectivity index (χ0v) is 79.1. The van der Waals surface area contributed by atoms with Crippen molar-refractivity contribution >= 4 is 129 Å². The molecule has 0 amide bonds. The highest BCUT2D eigenvalue weighted by Gasteiger charge is 2.30. The minimum Gasteiger partial charge on any atom is -0.452 e. The first kappa shape index (κ1) is 87.4. The fraction of sp³-hybridized carbons (Fsp3) is 0.169. The molecule has 0 bridgehead atoms. The molecule has 15 heteroatoms. The van der Waals surface area contributed by atoms with Gasteiger partial charge in [-0.05, 0) is 94.0 Å². The van der Waals surface area contributed by atoms with Crippen molar-refractivity contribution in [2.75, 3.05) is 0 Å². The summed E-state index contributed by atoms with van der Waals surface area (Å²) in [5.74, 6) is 4.24. The molecule has 10 aromatic heterocycles. The van der Waals surface area contributed by atoms with Gasteiger partial charge in [-0.25, -0.2) is 49.8 Å². The molecule has 0 spiro atoms. The molecule has 23 aromatic rings. The zero-order chi connectivity index (χ0) is 92.1. The molecule has 0 aliphatic rings. The molecule has 0 aliphatic carbocycles. The number of nitrogens with zero attached hydrogens (tertiary/aromatic N) is 10. The van der Waals surface area contributed by atoms with Crippen LogP contribution in [-0.2, 0) is 27.1 Å². The van der Waals surface area contributed by atoms with Crippen LogP contribution in [0.1, 0.15) is 133 Å². The molecule has 0 N–H and O–H groups in total. The summed E-state index contributed by atoms with van der Waals surface area (Å²) in [5.41, 5.74) is 26.0. The number of rotatable bonds is 8. The smallest absolute Gasteiger partial charge is 0.180 e. The maximum atomic E-state index is 6.23. The highest BCUT2D eigenvalue weighted by atomic mass is 32.1. The molecular formula is C118H102N10O3S2. The second-order valence-electron chi connectivity index (χ2n) is 38.7. The molecule has 23 rings (SSSR count). The first-order valence-corrected chi connectivity index (χ1v) is 46.8. The second kappa shape index (κ2) is 35.8. The van der Waals surface area contributed by atoms with Gasteiger partial charge in [-0.3, -0.25) is 0 Å². The molecule has 10 heterocycles. The van der Waals surface area contributed by atoms with E-state index in [0.717, 1.165) is 173 Å². The van der Waals surface area contributed by atoms with Crippen molar-refractivity contribution in [1.82, 2.24) is 49.8 Å². The van der Waals surface area contributed by atoms with E-state index in [1.165, 1.54) is 52.7 Å². The molecule has 0 aliphatic heterocycles. The van der Waals surface area contributed by atoms with Gasteiger partial charge in [0.05, 0.1) is 31.8 Å². The number of benzene rings is 13. The van der Waals surface area contributed by atoms with Crippen molar-refractivity contribution in [2.45, 2.75) is 131 Å². The summed E-state index contributed by atoms with van der Waals surface area (Å²) >= 11 is 3.56. The lowest BCUT2D eigenvalue weighted by atomic mass is 9.95. The van der Waals surface area contributed by atoms with Gasteiger partial charge < -0.3 is 13.3 Å². The lowest BCUT2D eigenvalue weighted by Gasteiger charge is -2.18. The molecule has 13 aromatic carbocycles. The van der Waals surface area contributed by atoms with Crippen molar-refractivity contribution < 1.29 is 13.3 Å². The number of hydrogen-bond donors (Lipinski definition) is 0. The minimum atomic E-state index is -0.168. The van der Waals surface area contributed by atoms with Gasteiger partial charge in [-0.15, -0.1) is 22.7 Å². The van der Waals surface area contributed by atoms with E-state index in [0.29, 0.717) is 0 Å². The first-order valence-electron chi connectivity index (χ1n) is 45.2. The van der Waals surface area contributed by atoms with Crippen LogP contribution < -0.4 is 0 Å². The van der Waals surface area contributed by atoms with E-state index in [2.05, 4.69) is 353 Å². The second-order valence-corrected chi connectivity index (χ2v) is 40.8. The Hall–Kier alpha value is -14.9. The van der Waals surface area contributed by atoms with Crippen molar-refractivity contribution in [1.29, 1.82) is 0 Å². The van der Waals surface area contributed by atoms with Crippen molar-refractivity contribution in [3.63, 3.8) is 0 Å². The molecule has 0 saturated carbocycles. The van der Waals surface area contributed by atoms with Gasteiger partial charge in [0, 0.05) is 91.2 Å². The number of hydrogen-bond acceptors (Lipinski definition) is 15. The maximum absolute atomic E-state index is 6.23. The number of aromatic nitrogens is 10. The van der Waals surface area contributed by atoms with E-state index in [9.17, 15) is 0 Å². The monoisotopic (exact) mass is 1770 g/mol. The number of para-hydroxylation sites is 3. The third-order valence-electron chi connectivity index (χ3n) is 23.3. The van der Waals surface area contributed by atoms with Crippen LogP contribution >= 0.6 is 22.7 Å². The SMILES string of the molecule is CC(C)(C)c1nc(-c2ccc(-c3ccccc3)cc2)c2oc3ccccc3c2n1.CC(C)(C)c1nc(-c2cccc(-c3ccccc3)c2)c2oc3ccccc3c2n1.CC(C)(C)c1nc(-c2cccc(-c3ccccc3)c2)c2sc3ccccc3c2n1.CC(C)(C)c1nc(-c2ccccc2)c2oc3ccccc3c2n1.CC(C)(C)c1nc(-c2ccccc2)c2sc3ccccc3c2n1. The number of fused-ring (bicyclic) bond motifs is 15. The van der Waals surface area contributed by atoms with Crippen LogP contribution in [0.2, 0.25) is 0 Å². The first-order chi connectivity index (χ1) is 64.1. The average molecular weight is 1770 g/mol. The van der Waals surface area contributed by atoms with Gasteiger partial charge in [-0.2, -0.15) is 0 Å². The predicted molar refractivity (Wildman–Crippen MR) is 555 cm³/mol. The zero-order valence-electron chi connectivity index (χ0n) is 77.4. The summed E-state index contributed by atoms with van der Waals surface area (Å²) in [6, 6.07) is 119. The Bertz CT molecular complexity index is 7820. The molecular weight excluding hydrogens is 1670 g/mol. The lowest BCUT2D eigenvalue weighted by Crippen LogP contribution is -2.16. The summed E-state index contributed by atoms with van der Waals surface area (Å²) in [6.07, 6.45) is 0. The van der Waals surface area contributed by atoms with Crippen molar-refractivity contribution in [3.8, 4) is 89.7 Å². The Labute approximate surface area is 782 Å². The Kier molecular flexibility index (Phi) is 23.5. The minimum absolute atomic E-state index is 0.0826. The highest BCUT2D eigenvalue weighted by Crippen LogP contribution is 2.45. The average Bonchev–Trinajstić information content (AvgIpc) is 1.63. The molecule has 654 valence electrons. The van der Waals surface area contributed by atoms with Gasteiger partial charge in [0.2, 0.25) is 0 Å². The highest BCUT2D eigenvalue weighted by molar-refractivity contribution is 7.26. The van der Waals surface area contributed by atoms with E-state index in [1.807, 2.05) is 97.1 Å². The van der Waals surface area contributed by atoms with Gasteiger partial charge >= 0.3 is 0 Å². The Morgan fingerprint density at radius 2 is 0.398 bits per heavy atom. The Morgan fingerprint density at radius 1 is 0.180 bits per heavy atom. The van der Waals surface area contributed by atoms with E-state index in [4.69, 9.17) is 63.1 Å². The Balaban J connectivity index is 0.000000108. The lowest BCUT2D eigenvalue weighted by molar-refractivity contribution is 0.547. The van der Waals surface area contributed by atoms with E-state index in [-0.39, 0.29) is 27.1 Å². The maximum Gasteiger partial charge on any atom is 0.180 e. The summed E-state index contributed by atoms with van der Waals surface area (Å²) in [6.45, 7) is 32.2. The van der Waals surface area contributed by atoms with Crippen molar-refractivity contribution in [3.05, 3.63) is 375 Å². The van der Waals surface area contributed by atoms with E-state index < -0.39 is 0 Å². The van der Waals surface area contributed by atoms with Gasteiger partial charge in [0.1, 0.15) is 79.5 Å². The fourth-order valence-electron chi connectivity index (χ4n) is 16.2. The summed E-state index contributed by atoms with van der Waals surface area (Å²) in [5, 5.41) is 5.51. The number of furan rings is 3. The molecule has 0 unspecified atom stereocenters. The van der Waals surface area contributed by atoms with Crippen LogP contribution in [-0.4, -0.2) is 49.8 Å². The normalized spacial score (nSPS) is 12.0. The van der Waals surface area contributed by atoms with Crippen molar-refractivity contribution in [2.24, 2.45) is 0 Å². The third kappa shape index (κ3) is 18.2. The van der Waals surface area contributed by atoms with E-state index in [1.54, 1.807) is 22.7 Å². The third-order valence-corrected chi connectivity index (χ3v) is 25.6. The van der Waals surface area contributed by atoms with Crippen LogP contribution in [0.25, 0.3) is 196 Å². The Morgan fingerprint density at radius 3 is 0.737 bits per heavy atom. The summed E-state index contributed by atoms with van der Waals surface area (Å²) in [7, 11) is 0. The molecule has 13 nitrogen and oxygen atoms in total. The van der Waals surface area contributed by atoms with E-state index >= 15 is 0 Å². The van der Waals surface area contributed by atoms with Crippen LogP contribution in [0.15, 0.2) is 359 Å². The topological polar surface area (TPSA) is 168 Å². The fourth-order valence-corrected chi connectivity index (χ4v) is 18.5. The predicted octanol–water partition coefficient (Wildman–Crippen LogP) is 32.6. The van der Waals surface area contributed by atoms with Crippen LogP contribution in [0.5, 0.6) is 0 Å². The van der Waals surface area contributed by atoms with Crippen LogP contribution in [0.4, 0.5) is 0 Å². The van der Waals surface area contributed by atoms with Gasteiger partial charge in [-0.1, -0.05) is 389 Å². The standard InChI is InChI=1S/2C26H22N2O.C26H22N2S.C20H18N2O.C20H18N2S/c1-26(2,3)25-27-22(24-23(28-25)20-14-7-8-15-21(20)29-24)19-13-9-12-18(16-19)17-10-5-4-6-11-17;1-26(2,3)25-27-22(24-23(28-25)20-11-7-8-12-21(20)29-24)19-15-13-18(14-16-19)17-9-5-4-6-10-17;1-26(2,3)25-27-22(24-23(28-25)20-14-7-8-15-21(20)29-24)19-13-9-12-18(16-19)17-10-5-4-6-11-17;2*1-20(2,3)19-21-16(13-9-5-4-6-10-13)18-17(22-19)14-11-7-8-12-15(14)23-18/h3*4-16H,1-3H3;2*4-12H,1-3H3. The summed E-state index contributed by atoms with van der Waals surface area (Å²) < 4.78 is 23.3. The van der Waals surface area contributed by atoms with Crippen LogP contribution in [0.3, 0.4) is 0 Å². The van der Waals surface area contributed by atoms with Crippen LogP contribution in [0, 0.1) is 0 Å². The number of thiophene rings is 2. The molecule has 133 heavy (non-hydrogen) atoms. The quantitative estimate of drug-likeness (QED) is 0.141. The molecule has 0 atom stereocenters. The molecule has 0 radical (unpaired) electrons. The van der Waals surface area contributed by atoms with Gasteiger partial charge in [0.25, 0.3) is 0 Å². The largest absolute Gasteiger partial charge is 0.452 e. The van der Waals surface area contributed by atoms with Gasteiger partial charge in [0.15, 0.2) is 16.7 Å². The summed E-state index contributed by atoms with van der Waals surface area (Å²) in [4.78, 5) is 49.3. The molecule has 0 saturated heterocycles. The molecule has 0 fully saturated rings.